The number of benzene rings is 1. The lowest BCUT2D eigenvalue weighted by molar-refractivity contribution is -0.121. The molecule has 0 unspecified atom stereocenters. The molecule has 1 aliphatic rings. The van der Waals surface area contributed by atoms with Gasteiger partial charge in [-0.25, -0.2) is 9.20 Å². The molecular formula is C24H32N6O3. The SMILES string of the molecule is COc1ccc(-c2cc3c(=O)n(CC(=O)NCCCN4CCCC[C@H]4C)nc(C)n3n2)cc1. The van der Waals surface area contributed by atoms with Crippen molar-refractivity contribution >= 4 is 11.4 Å². The third-order valence-electron chi connectivity index (χ3n) is 6.30. The lowest BCUT2D eigenvalue weighted by Crippen LogP contribution is -2.40. The summed E-state index contributed by atoms with van der Waals surface area (Å²) in [4.78, 5) is 27.9. The van der Waals surface area contributed by atoms with Crippen molar-refractivity contribution in [2.75, 3.05) is 26.7 Å². The quantitative estimate of drug-likeness (QED) is 0.527. The number of piperidine rings is 1. The Bertz CT molecular complexity index is 1170. The first-order valence-corrected chi connectivity index (χ1v) is 11.6. The summed E-state index contributed by atoms with van der Waals surface area (Å²) in [7, 11) is 1.61. The van der Waals surface area contributed by atoms with Crippen molar-refractivity contribution in [2.45, 2.75) is 52.1 Å². The highest BCUT2D eigenvalue weighted by Gasteiger charge is 2.18. The number of fused-ring (bicyclic) bond motifs is 1. The number of hydrogen-bond acceptors (Lipinski definition) is 6. The van der Waals surface area contributed by atoms with Gasteiger partial charge in [-0.2, -0.15) is 10.2 Å². The van der Waals surface area contributed by atoms with Crippen molar-refractivity contribution in [3.05, 3.63) is 46.5 Å². The highest BCUT2D eigenvalue weighted by molar-refractivity contribution is 5.75. The Labute approximate surface area is 193 Å². The van der Waals surface area contributed by atoms with E-state index in [2.05, 4.69) is 27.3 Å². The van der Waals surface area contributed by atoms with E-state index < -0.39 is 0 Å². The molecule has 1 aromatic carbocycles. The molecule has 4 rings (SSSR count). The summed E-state index contributed by atoms with van der Waals surface area (Å²) >= 11 is 0. The molecule has 1 fully saturated rings. The van der Waals surface area contributed by atoms with Crippen LogP contribution in [-0.4, -0.2) is 63.0 Å². The maximum atomic E-state index is 13.0. The van der Waals surface area contributed by atoms with Gasteiger partial charge in [-0.3, -0.25) is 9.59 Å². The van der Waals surface area contributed by atoms with Crippen LogP contribution in [0.1, 0.15) is 38.4 Å². The molecule has 33 heavy (non-hydrogen) atoms. The van der Waals surface area contributed by atoms with Crippen LogP contribution < -0.4 is 15.6 Å². The fraction of sp³-hybridized carbons (Fsp3) is 0.500. The van der Waals surface area contributed by atoms with Crippen molar-refractivity contribution in [1.82, 2.24) is 29.6 Å². The molecule has 0 aliphatic carbocycles. The molecule has 9 heteroatoms. The smallest absolute Gasteiger partial charge is 0.293 e. The van der Waals surface area contributed by atoms with Crippen molar-refractivity contribution in [3.63, 3.8) is 0 Å². The number of nitrogens with one attached hydrogen (secondary N) is 1. The molecule has 1 amide bonds. The number of aromatic nitrogens is 4. The molecule has 1 aliphatic heterocycles. The Hall–Kier alpha value is -3.20. The maximum absolute atomic E-state index is 13.0. The summed E-state index contributed by atoms with van der Waals surface area (Å²) in [6.45, 7) is 6.63. The Morgan fingerprint density at radius 1 is 1.21 bits per heavy atom. The largest absolute Gasteiger partial charge is 0.497 e. The second kappa shape index (κ2) is 10.2. The number of rotatable bonds is 8. The van der Waals surface area contributed by atoms with Gasteiger partial charge in [-0.15, -0.1) is 0 Å². The van der Waals surface area contributed by atoms with Gasteiger partial charge in [-0.1, -0.05) is 6.42 Å². The highest BCUT2D eigenvalue weighted by Crippen LogP contribution is 2.22. The summed E-state index contributed by atoms with van der Waals surface area (Å²) in [5, 5.41) is 11.8. The fourth-order valence-electron chi connectivity index (χ4n) is 4.38. The molecule has 2 aromatic heterocycles. The summed E-state index contributed by atoms with van der Waals surface area (Å²) in [5.41, 5.74) is 1.57. The number of methoxy groups -OCH3 is 1. The predicted molar refractivity (Wildman–Crippen MR) is 126 cm³/mol. The van der Waals surface area contributed by atoms with Crippen molar-refractivity contribution < 1.29 is 9.53 Å². The van der Waals surface area contributed by atoms with E-state index in [1.807, 2.05) is 24.3 Å². The second-order valence-corrected chi connectivity index (χ2v) is 8.65. The van der Waals surface area contributed by atoms with Gasteiger partial charge in [-0.05, 0) is 70.0 Å². The van der Waals surface area contributed by atoms with E-state index in [1.165, 1.54) is 28.5 Å². The zero-order chi connectivity index (χ0) is 23.4. The van der Waals surface area contributed by atoms with Gasteiger partial charge in [0, 0.05) is 24.7 Å². The summed E-state index contributed by atoms with van der Waals surface area (Å²) in [6.07, 6.45) is 4.70. The molecule has 9 nitrogen and oxygen atoms in total. The predicted octanol–water partition coefficient (Wildman–Crippen LogP) is 2.26. The molecule has 1 N–H and O–H groups in total. The van der Waals surface area contributed by atoms with Gasteiger partial charge in [0.05, 0.1) is 12.8 Å². The third-order valence-corrected chi connectivity index (χ3v) is 6.30. The first-order valence-electron chi connectivity index (χ1n) is 11.6. The number of nitrogens with zero attached hydrogens (tertiary/aromatic N) is 5. The highest BCUT2D eigenvalue weighted by atomic mass is 16.5. The normalized spacial score (nSPS) is 16.8. The number of carbonyl (C=O) groups is 1. The molecule has 1 saturated heterocycles. The third kappa shape index (κ3) is 5.24. The van der Waals surface area contributed by atoms with Crippen LogP contribution in [0.4, 0.5) is 0 Å². The minimum absolute atomic E-state index is 0.112. The minimum atomic E-state index is -0.342. The summed E-state index contributed by atoms with van der Waals surface area (Å²) < 4.78 is 7.93. The molecule has 176 valence electrons. The van der Waals surface area contributed by atoms with Crippen LogP contribution in [-0.2, 0) is 11.3 Å². The molecule has 0 bridgehead atoms. The van der Waals surface area contributed by atoms with E-state index in [-0.39, 0.29) is 18.0 Å². The average Bonchev–Trinajstić information content (AvgIpc) is 3.28. The van der Waals surface area contributed by atoms with Gasteiger partial charge < -0.3 is 15.0 Å². The topological polar surface area (TPSA) is 93.8 Å². The Morgan fingerprint density at radius 2 is 2.00 bits per heavy atom. The van der Waals surface area contributed by atoms with Crippen molar-refractivity contribution in [1.29, 1.82) is 0 Å². The van der Waals surface area contributed by atoms with E-state index in [0.29, 0.717) is 29.6 Å². The lowest BCUT2D eigenvalue weighted by Gasteiger charge is -2.33. The Balaban J connectivity index is 1.40. The summed E-state index contributed by atoms with van der Waals surface area (Å²) in [5.74, 6) is 1.07. The number of likely N-dealkylation sites (tertiary alicyclic amines) is 1. The van der Waals surface area contributed by atoms with Gasteiger partial charge in [0.2, 0.25) is 5.91 Å². The molecule has 1 atom stereocenters. The van der Waals surface area contributed by atoms with Crippen LogP contribution in [0.3, 0.4) is 0 Å². The van der Waals surface area contributed by atoms with Crippen LogP contribution in [0.5, 0.6) is 5.75 Å². The van der Waals surface area contributed by atoms with E-state index in [1.54, 1.807) is 20.1 Å². The average molecular weight is 453 g/mol. The number of aryl methyl sites for hydroxylation is 1. The fourth-order valence-corrected chi connectivity index (χ4v) is 4.38. The van der Waals surface area contributed by atoms with Crippen LogP contribution >= 0.6 is 0 Å². The van der Waals surface area contributed by atoms with E-state index in [4.69, 9.17) is 4.74 Å². The number of amides is 1. The molecule has 3 heterocycles. The molecule has 0 radical (unpaired) electrons. The molecule has 0 spiro atoms. The van der Waals surface area contributed by atoms with E-state index >= 15 is 0 Å². The Morgan fingerprint density at radius 3 is 2.73 bits per heavy atom. The van der Waals surface area contributed by atoms with Gasteiger partial charge in [0.1, 0.15) is 23.6 Å². The lowest BCUT2D eigenvalue weighted by atomic mass is 10.0. The standard InChI is InChI=1S/C24H32N6O3/c1-17-7-4-5-13-28(17)14-6-12-25-23(31)16-29-24(32)22-15-21(27-30(22)18(2)26-29)19-8-10-20(33-3)11-9-19/h8-11,15,17H,4-7,12-14,16H2,1-3H3,(H,25,31)/t17-/m1/s1. The van der Waals surface area contributed by atoms with Crippen LogP contribution in [0, 0.1) is 6.92 Å². The van der Waals surface area contributed by atoms with Gasteiger partial charge in [0.25, 0.3) is 5.56 Å². The van der Waals surface area contributed by atoms with Crippen LogP contribution in [0.15, 0.2) is 35.1 Å². The zero-order valence-corrected chi connectivity index (χ0v) is 19.6. The monoisotopic (exact) mass is 452 g/mol. The van der Waals surface area contributed by atoms with E-state index in [9.17, 15) is 9.59 Å². The van der Waals surface area contributed by atoms with Crippen molar-refractivity contribution in [3.8, 4) is 17.0 Å². The van der Waals surface area contributed by atoms with E-state index in [0.717, 1.165) is 30.8 Å². The zero-order valence-electron chi connectivity index (χ0n) is 19.6. The Kier molecular flexibility index (Phi) is 7.08. The summed E-state index contributed by atoms with van der Waals surface area (Å²) in [6, 6.07) is 9.82. The van der Waals surface area contributed by atoms with Gasteiger partial charge in [0.15, 0.2) is 0 Å². The van der Waals surface area contributed by atoms with Crippen LogP contribution in [0.25, 0.3) is 16.8 Å². The van der Waals surface area contributed by atoms with Gasteiger partial charge >= 0.3 is 0 Å². The van der Waals surface area contributed by atoms with Crippen LogP contribution in [0.2, 0.25) is 0 Å². The first kappa shape index (κ1) is 23.0. The molecule has 0 saturated carbocycles. The maximum Gasteiger partial charge on any atom is 0.293 e. The molecule has 3 aromatic rings. The minimum Gasteiger partial charge on any atom is -0.497 e. The number of hydrogen-bond donors (Lipinski definition) is 1. The van der Waals surface area contributed by atoms with Crippen molar-refractivity contribution in [2.24, 2.45) is 0 Å². The second-order valence-electron chi connectivity index (χ2n) is 8.65. The number of carbonyl (C=O) groups excluding carboxylic acids is 1. The number of ether oxygens (including phenoxy) is 1. The molecular weight excluding hydrogens is 420 g/mol. The first-order chi connectivity index (χ1) is 16.0.